The highest BCUT2D eigenvalue weighted by atomic mass is 79.9. The minimum absolute atomic E-state index is 0.245. The Labute approximate surface area is 112 Å². The summed E-state index contributed by atoms with van der Waals surface area (Å²) in [6.07, 6.45) is 5.42. The number of nitrogens with one attached hydrogen (secondary N) is 1. The van der Waals surface area contributed by atoms with Gasteiger partial charge < -0.3 is 9.73 Å². The maximum atomic E-state index is 11.9. The molecule has 1 fully saturated rings. The van der Waals surface area contributed by atoms with E-state index in [9.17, 15) is 4.79 Å². The molecule has 92 valence electrons. The standard InChI is InChI=1S/C12H10BrN3O2/c13-9-4-3-8(18-9)12(17)16-11-10(7-1-2-7)14-5-6-15-11/h3-7H,1-2H2,(H,15,16,17). The first kappa shape index (κ1) is 11.4. The number of amides is 1. The molecule has 0 bridgehead atoms. The molecule has 18 heavy (non-hydrogen) atoms. The predicted octanol–water partition coefficient (Wildman–Crippen LogP) is 2.96. The van der Waals surface area contributed by atoms with Gasteiger partial charge in [-0.1, -0.05) is 0 Å². The molecule has 0 radical (unpaired) electrons. The second-order valence-corrected chi connectivity index (χ2v) is 4.90. The molecule has 2 aromatic rings. The van der Waals surface area contributed by atoms with Crippen LogP contribution < -0.4 is 5.32 Å². The molecule has 2 aromatic heterocycles. The topological polar surface area (TPSA) is 68.0 Å². The molecule has 0 aliphatic heterocycles. The number of carbonyl (C=O) groups is 1. The molecule has 0 aromatic carbocycles. The van der Waals surface area contributed by atoms with Gasteiger partial charge in [-0.3, -0.25) is 9.78 Å². The predicted molar refractivity (Wildman–Crippen MR) is 68.4 cm³/mol. The van der Waals surface area contributed by atoms with Gasteiger partial charge in [-0.25, -0.2) is 4.98 Å². The van der Waals surface area contributed by atoms with E-state index in [0.29, 0.717) is 16.4 Å². The van der Waals surface area contributed by atoms with Crippen LogP contribution in [0.15, 0.2) is 33.6 Å². The average molecular weight is 308 g/mol. The minimum Gasteiger partial charge on any atom is -0.444 e. The Morgan fingerprint density at radius 1 is 1.33 bits per heavy atom. The van der Waals surface area contributed by atoms with Crippen molar-refractivity contribution >= 4 is 27.7 Å². The molecule has 2 heterocycles. The molecule has 0 atom stereocenters. The highest BCUT2D eigenvalue weighted by molar-refractivity contribution is 9.10. The maximum Gasteiger partial charge on any atom is 0.292 e. The zero-order valence-electron chi connectivity index (χ0n) is 9.39. The zero-order chi connectivity index (χ0) is 12.5. The second-order valence-electron chi connectivity index (χ2n) is 4.12. The smallest absolute Gasteiger partial charge is 0.292 e. The average Bonchev–Trinajstić information content (AvgIpc) is 3.12. The van der Waals surface area contributed by atoms with Gasteiger partial charge in [0.2, 0.25) is 0 Å². The Morgan fingerprint density at radius 2 is 2.11 bits per heavy atom. The van der Waals surface area contributed by atoms with Crippen LogP contribution in [-0.2, 0) is 0 Å². The van der Waals surface area contributed by atoms with E-state index in [2.05, 4.69) is 31.2 Å². The van der Waals surface area contributed by atoms with E-state index in [4.69, 9.17) is 4.42 Å². The summed E-state index contributed by atoms with van der Waals surface area (Å²) in [4.78, 5) is 20.4. The van der Waals surface area contributed by atoms with Crippen LogP contribution in [-0.4, -0.2) is 15.9 Å². The summed E-state index contributed by atoms with van der Waals surface area (Å²) >= 11 is 3.16. The number of rotatable bonds is 3. The van der Waals surface area contributed by atoms with Gasteiger partial charge in [-0.05, 0) is 40.9 Å². The van der Waals surface area contributed by atoms with E-state index in [1.807, 2.05) is 0 Å². The van der Waals surface area contributed by atoms with Crippen molar-refractivity contribution in [3.8, 4) is 0 Å². The van der Waals surface area contributed by atoms with Gasteiger partial charge >= 0.3 is 0 Å². The van der Waals surface area contributed by atoms with Crippen molar-refractivity contribution in [1.82, 2.24) is 9.97 Å². The molecule has 1 aliphatic rings. The Balaban J connectivity index is 1.82. The third kappa shape index (κ3) is 2.28. The van der Waals surface area contributed by atoms with Gasteiger partial charge in [0, 0.05) is 18.3 Å². The zero-order valence-corrected chi connectivity index (χ0v) is 11.0. The molecule has 3 rings (SSSR count). The Kier molecular flexibility index (Phi) is 2.87. The van der Waals surface area contributed by atoms with E-state index in [-0.39, 0.29) is 11.7 Å². The SMILES string of the molecule is O=C(Nc1nccnc1C1CC1)c1ccc(Br)o1. The van der Waals surface area contributed by atoms with Gasteiger partial charge in [0.05, 0.1) is 5.69 Å². The fourth-order valence-electron chi connectivity index (χ4n) is 1.71. The van der Waals surface area contributed by atoms with Crippen molar-refractivity contribution in [1.29, 1.82) is 0 Å². The second kappa shape index (κ2) is 4.53. The van der Waals surface area contributed by atoms with Gasteiger partial charge in [0.1, 0.15) is 0 Å². The van der Waals surface area contributed by atoms with Crippen LogP contribution in [0, 0.1) is 0 Å². The molecule has 5 nitrogen and oxygen atoms in total. The van der Waals surface area contributed by atoms with E-state index < -0.39 is 0 Å². The summed E-state index contributed by atoms with van der Waals surface area (Å²) in [5.41, 5.74) is 0.858. The lowest BCUT2D eigenvalue weighted by molar-refractivity contribution is 0.0995. The lowest BCUT2D eigenvalue weighted by Gasteiger charge is -2.06. The highest BCUT2D eigenvalue weighted by Crippen LogP contribution is 2.41. The number of halogens is 1. The molecular formula is C12H10BrN3O2. The van der Waals surface area contributed by atoms with Crippen LogP contribution in [0.5, 0.6) is 0 Å². The van der Waals surface area contributed by atoms with Crippen LogP contribution in [0.3, 0.4) is 0 Å². The van der Waals surface area contributed by atoms with Crippen molar-refractivity contribution < 1.29 is 9.21 Å². The first-order chi connectivity index (χ1) is 8.74. The molecule has 0 spiro atoms. The third-order valence-corrected chi connectivity index (χ3v) is 3.15. The minimum atomic E-state index is -0.317. The first-order valence-electron chi connectivity index (χ1n) is 5.61. The largest absolute Gasteiger partial charge is 0.444 e. The van der Waals surface area contributed by atoms with Crippen molar-refractivity contribution in [3.63, 3.8) is 0 Å². The number of anilines is 1. The number of carbonyl (C=O) groups excluding carboxylic acids is 1. The van der Waals surface area contributed by atoms with Crippen molar-refractivity contribution in [2.45, 2.75) is 18.8 Å². The Hall–Kier alpha value is -1.69. The molecule has 1 amide bonds. The number of hydrogen-bond donors (Lipinski definition) is 1. The quantitative estimate of drug-likeness (QED) is 0.946. The van der Waals surface area contributed by atoms with Gasteiger partial charge in [0.15, 0.2) is 16.2 Å². The third-order valence-electron chi connectivity index (χ3n) is 2.72. The molecule has 1 aliphatic carbocycles. The summed E-state index contributed by atoms with van der Waals surface area (Å²) < 4.78 is 5.71. The molecule has 1 saturated carbocycles. The molecule has 1 N–H and O–H groups in total. The molecule has 0 saturated heterocycles. The van der Waals surface area contributed by atoms with E-state index in [0.717, 1.165) is 18.5 Å². The fraction of sp³-hybridized carbons (Fsp3) is 0.250. The van der Waals surface area contributed by atoms with Gasteiger partial charge in [-0.2, -0.15) is 0 Å². The molecule has 0 unspecified atom stereocenters. The normalized spacial score (nSPS) is 14.5. The summed E-state index contributed by atoms with van der Waals surface area (Å²) in [5, 5.41) is 2.73. The van der Waals surface area contributed by atoms with Crippen LogP contribution >= 0.6 is 15.9 Å². The number of aromatic nitrogens is 2. The number of hydrogen-bond acceptors (Lipinski definition) is 4. The van der Waals surface area contributed by atoms with Crippen LogP contribution in [0.1, 0.15) is 35.0 Å². The summed E-state index contributed by atoms with van der Waals surface area (Å²) in [7, 11) is 0. The molecular weight excluding hydrogens is 298 g/mol. The van der Waals surface area contributed by atoms with E-state index in [1.54, 1.807) is 24.5 Å². The van der Waals surface area contributed by atoms with Gasteiger partial charge in [-0.15, -0.1) is 0 Å². The van der Waals surface area contributed by atoms with Crippen LogP contribution in [0.4, 0.5) is 5.82 Å². The summed E-state index contributed by atoms with van der Waals surface area (Å²) in [6, 6.07) is 3.28. The summed E-state index contributed by atoms with van der Waals surface area (Å²) in [5.74, 6) is 0.882. The van der Waals surface area contributed by atoms with Crippen LogP contribution in [0.2, 0.25) is 0 Å². The number of furan rings is 1. The first-order valence-corrected chi connectivity index (χ1v) is 6.41. The summed E-state index contributed by atoms with van der Waals surface area (Å²) in [6.45, 7) is 0. The van der Waals surface area contributed by atoms with Crippen molar-refractivity contribution in [2.75, 3.05) is 5.32 Å². The fourth-order valence-corrected chi connectivity index (χ4v) is 2.01. The van der Waals surface area contributed by atoms with Gasteiger partial charge in [0.25, 0.3) is 5.91 Å². The highest BCUT2D eigenvalue weighted by Gasteiger charge is 2.29. The van der Waals surface area contributed by atoms with E-state index in [1.165, 1.54) is 0 Å². The van der Waals surface area contributed by atoms with Crippen molar-refractivity contribution in [3.05, 3.63) is 40.7 Å². The Bertz CT molecular complexity index is 593. The van der Waals surface area contributed by atoms with Crippen molar-refractivity contribution in [2.24, 2.45) is 0 Å². The van der Waals surface area contributed by atoms with Crippen LogP contribution in [0.25, 0.3) is 0 Å². The maximum absolute atomic E-state index is 11.9. The van der Waals surface area contributed by atoms with E-state index >= 15 is 0 Å². The monoisotopic (exact) mass is 307 g/mol. The Morgan fingerprint density at radius 3 is 2.78 bits per heavy atom. The number of nitrogens with zero attached hydrogens (tertiary/aromatic N) is 2. The lowest BCUT2D eigenvalue weighted by atomic mass is 10.3. The lowest BCUT2D eigenvalue weighted by Crippen LogP contribution is -2.14. The molecule has 6 heteroatoms.